The monoisotopic (exact) mass is 521 g/mol. The molecule has 0 radical (unpaired) electrons. The minimum atomic E-state index is -0.331. The number of hydrogen-bond acceptors (Lipinski definition) is 8. The number of aromatic nitrogens is 3. The van der Waals surface area contributed by atoms with Crippen LogP contribution in [0.3, 0.4) is 0 Å². The van der Waals surface area contributed by atoms with E-state index < -0.39 is 0 Å². The number of amides is 1. The number of halogens is 1. The van der Waals surface area contributed by atoms with Crippen LogP contribution in [0.25, 0.3) is 11.6 Å². The van der Waals surface area contributed by atoms with Gasteiger partial charge in [0.05, 0.1) is 11.4 Å². The first-order valence-electron chi connectivity index (χ1n) is 13.4. The van der Waals surface area contributed by atoms with E-state index >= 15 is 0 Å². The van der Waals surface area contributed by atoms with Crippen LogP contribution in [0.1, 0.15) is 54.7 Å². The Labute approximate surface area is 222 Å². The van der Waals surface area contributed by atoms with Crippen molar-refractivity contribution in [3.8, 4) is 11.6 Å². The lowest BCUT2D eigenvalue weighted by molar-refractivity contribution is 0.0435. The van der Waals surface area contributed by atoms with E-state index in [1.807, 2.05) is 17.9 Å². The fraction of sp³-hybridized carbons (Fsp3) is 0.500. The molecular formula is C28H36FN7O2. The molecule has 2 atom stereocenters. The molecule has 2 aliphatic heterocycles. The zero-order chi connectivity index (χ0) is 27.0. The predicted molar refractivity (Wildman–Crippen MR) is 144 cm³/mol. The van der Waals surface area contributed by atoms with Crippen molar-refractivity contribution < 1.29 is 13.6 Å². The van der Waals surface area contributed by atoms with Crippen LogP contribution in [0.5, 0.6) is 0 Å². The highest BCUT2D eigenvalue weighted by Crippen LogP contribution is 2.32. The summed E-state index contributed by atoms with van der Waals surface area (Å²) in [4.78, 5) is 24.7. The van der Waals surface area contributed by atoms with Crippen molar-refractivity contribution in [2.75, 3.05) is 36.8 Å². The van der Waals surface area contributed by atoms with Crippen LogP contribution in [0.4, 0.5) is 16.1 Å². The third-order valence-corrected chi connectivity index (χ3v) is 8.02. The molecule has 1 amide bonds. The quantitative estimate of drug-likeness (QED) is 0.536. The van der Waals surface area contributed by atoms with Gasteiger partial charge in [-0.25, -0.2) is 9.37 Å². The topological polar surface area (TPSA) is 105 Å². The number of piperidine rings is 1. The van der Waals surface area contributed by atoms with Gasteiger partial charge in [0.2, 0.25) is 0 Å². The lowest BCUT2D eigenvalue weighted by atomic mass is 9.95. The zero-order valence-corrected chi connectivity index (χ0v) is 22.5. The number of rotatable bonds is 5. The van der Waals surface area contributed by atoms with Gasteiger partial charge < -0.3 is 20.0 Å². The fourth-order valence-corrected chi connectivity index (χ4v) is 5.83. The Bertz CT molecular complexity index is 1300. The van der Waals surface area contributed by atoms with Gasteiger partial charge in [0.15, 0.2) is 0 Å². The molecule has 0 saturated carbocycles. The van der Waals surface area contributed by atoms with E-state index in [1.54, 1.807) is 19.1 Å². The van der Waals surface area contributed by atoms with Crippen LogP contribution in [-0.4, -0.2) is 75.2 Å². The van der Waals surface area contributed by atoms with Gasteiger partial charge in [-0.2, -0.15) is 0 Å². The smallest absolute Gasteiger partial charge is 0.313 e. The highest BCUT2D eigenvalue weighted by molar-refractivity contribution is 5.94. The average molecular weight is 522 g/mol. The molecular weight excluding hydrogens is 485 g/mol. The zero-order valence-electron chi connectivity index (χ0n) is 22.5. The van der Waals surface area contributed by atoms with E-state index in [0.29, 0.717) is 53.9 Å². The molecule has 2 aromatic heterocycles. The standard InChI is InChI=1S/C28H36FN7O2/c1-5-21-16-35(25-9-8-24(31-19(25)4)26-32-33-28(30)38-26)18(3)15-36(21)22-10-12-34(13-11-22)27(37)20-7-6-17(2)23(29)14-20/h6-9,14,18,21-22H,5,10-13,15-16H2,1-4H3,(H2,30,33)/t18-,21+/m1/s1. The molecule has 5 rings (SSSR count). The van der Waals surface area contributed by atoms with E-state index in [-0.39, 0.29) is 17.7 Å². The third kappa shape index (κ3) is 5.09. The maximum absolute atomic E-state index is 14.0. The number of carbonyl (C=O) groups is 1. The molecule has 9 nitrogen and oxygen atoms in total. The minimum absolute atomic E-state index is 0.0262. The number of hydrogen-bond donors (Lipinski definition) is 1. The van der Waals surface area contributed by atoms with Gasteiger partial charge in [-0.3, -0.25) is 9.69 Å². The van der Waals surface area contributed by atoms with Crippen molar-refractivity contribution in [1.82, 2.24) is 25.0 Å². The Kier molecular flexibility index (Phi) is 7.34. The number of carbonyl (C=O) groups excluding carboxylic acids is 1. The summed E-state index contributed by atoms with van der Waals surface area (Å²) in [6.07, 6.45) is 2.88. The summed E-state index contributed by atoms with van der Waals surface area (Å²) in [6.45, 7) is 11.4. The molecule has 2 N–H and O–H groups in total. The Morgan fingerprint density at radius 1 is 1.13 bits per heavy atom. The molecule has 38 heavy (non-hydrogen) atoms. The molecule has 3 aromatic rings. The second kappa shape index (κ2) is 10.7. The SMILES string of the molecule is CC[C@H]1CN(c2ccc(-c3nnc(N)o3)nc2C)[C@H](C)CN1C1CCN(C(=O)c2ccc(C)c(F)c2)CC1. The van der Waals surface area contributed by atoms with Crippen LogP contribution in [0, 0.1) is 19.7 Å². The predicted octanol–water partition coefficient (Wildman–Crippen LogP) is 4.06. The van der Waals surface area contributed by atoms with Crippen LogP contribution in [-0.2, 0) is 0 Å². The number of pyridine rings is 1. The van der Waals surface area contributed by atoms with Gasteiger partial charge in [-0.1, -0.05) is 18.1 Å². The number of piperazine rings is 1. The van der Waals surface area contributed by atoms with Crippen molar-refractivity contribution in [3.05, 3.63) is 53.0 Å². The van der Waals surface area contributed by atoms with Crippen LogP contribution >= 0.6 is 0 Å². The summed E-state index contributed by atoms with van der Waals surface area (Å²) in [5.74, 6) is -0.0937. The molecule has 2 aliphatic rings. The summed E-state index contributed by atoms with van der Waals surface area (Å²) in [6, 6.07) is 9.90. The Balaban J connectivity index is 1.24. The number of nitrogen functional groups attached to an aromatic ring is 1. The Morgan fingerprint density at radius 2 is 1.89 bits per heavy atom. The number of anilines is 2. The number of likely N-dealkylation sites (tertiary alicyclic amines) is 1. The summed E-state index contributed by atoms with van der Waals surface area (Å²) in [7, 11) is 0. The number of benzene rings is 1. The van der Waals surface area contributed by atoms with E-state index in [0.717, 1.165) is 43.7 Å². The molecule has 10 heteroatoms. The summed E-state index contributed by atoms with van der Waals surface area (Å²) in [5, 5.41) is 7.67. The Morgan fingerprint density at radius 3 is 2.53 bits per heavy atom. The van der Waals surface area contributed by atoms with Gasteiger partial charge in [-0.15, -0.1) is 5.10 Å². The molecule has 0 spiro atoms. The fourth-order valence-electron chi connectivity index (χ4n) is 5.83. The number of nitrogens with two attached hydrogens (primary N) is 1. The van der Waals surface area contributed by atoms with Gasteiger partial charge in [0.25, 0.3) is 11.8 Å². The lowest BCUT2D eigenvalue weighted by Gasteiger charge is -2.51. The molecule has 0 aliphatic carbocycles. The second-order valence-electron chi connectivity index (χ2n) is 10.5. The van der Waals surface area contributed by atoms with Crippen molar-refractivity contribution in [1.29, 1.82) is 0 Å². The van der Waals surface area contributed by atoms with E-state index in [1.165, 1.54) is 6.07 Å². The summed E-state index contributed by atoms with van der Waals surface area (Å²) in [5.41, 5.74) is 9.19. The second-order valence-corrected chi connectivity index (χ2v) is 10.5. The van der Waals surface area contributed by atoms with Gasteiger partial charge in [-0.05, 0) is 69.9 Å². The van der Waals surface area contributed by atoms with Crippen molar-refractivity contribution >= 4 is 17.6 Å². The van der Waals surface area contributed by atoms with Crippen LogP contribution in [0.15, 0.2) is 34.7 Å². The highest BCUT2D eigenvalue weighted by Gasteiger charge is 2.37. The molecule has 0 bridgehead atoms. The molecule has 0 unspecified atom stereocenters. The number of nitrogens with zero attached hydrogens (tertiary/aromatic N) is 6. The molecule has 2 fully saturated rings. The Hall–Kier alpha value is -3.53. The van der Waals surface area contributed by atoms with Crippen LogP contribution in [0.2, 0.25) is 0 Å². The van der Waals surface area contributed by atoms with Crippen molar-refractivity contribution in [2.24, 2.45) is 0 Å². The summed E-state index contributed by atoms with van der Waals surface area (Å²) < 4.78 is 19.3. The first-order chi connectivity index (χ1) is 18.2. The minimum Gasteiger partial charge on any atom is -0.402 e. The maximum atomic E-state index is 14.0. The molecule has 1 aromatic carbocycles. The normalized spacial score (nSPS) is 21.2. The van der Waals surface area contributed by atoms with E-state index in [4.69, 9.17) is 15.1 Å². The maximum Gasteiger partial charge on any atom is 0.313 e. The first kappa shape index (κ1) is 26.1. The van der Waals surface area contributed by atoms with E-state index in [9.17, 15) is 9.18 Å². The van der Waals surface area contributed by atoms with Crippen molar-refractivity contribution in [3.63, 3.8) is 0 Å². The first-order valence-corrected chi connectivity index (χ1v) is 13.4. The van der Waals surface area contributed by atoms with Gasteiger partial charge in [0.1, 0.15) is 11.5 Å². The third-order valence-electron chi connectivity index (χ3n) is 8.02. The molecule has 4 heterocycles. The highest BCUT2D eigenvalue weighted by atomic mass is 19.1. The lowest BCUT2D eigenvalue weighted by Crippen LogP contribution is -2.61. The van der Waals surface area contributed by atoms with Crippen molar-refractivity contribution in [2.45, 2.75) is 65.1 Å². The average Bonchev–Trinajstić information content (AvgIpc) is 3.36. The van der Waals surface area contributed by atoms with Gasteiger partial charge in [0, 0.05) is 49.9 Å². The molecule has 202 valence electrons. The largest absolute Gasteiger partial charge is 0.402 e. The summed E-state index contributed by atoms with van der Waals surface area (Å²) >= 11 is 0. The van der Waals surface area contributed by atoms with Crippen LogP contribution < -0.4 is 10.6 Å². The van der Waals surface area contributed by atoms with E-state index in [2.05, 4.69) is 39.9 Å². The van der Waals surface area contributed by atoms with Gasteiger partial charge >= 0.3 is 6.01 Å². The molecule has 2 saturated heterocycles. The number of aryl methyl sites for hydroxylation is 2.